The van der Waals surface area contributed by atoms with Gasteiger partial charge in [0.25, 0.3) is 0 Å². The zero-order chi connectivity index (χ0) is 15.3. The Labute approximate surface area is 130 Å². The maximum atomic E-state index is 6.54. The largest absolute Gasteiger partial charge is 0.383 e. The third-order valence-corrected chi connectivity index (χ3v) is 4.26. The number of hydrogen-bond donors (Lipinski definition) is 1. The Morgan fingerprint density at radius 2 is 2.24 bits per heavy atom. The normalized spacial score (nSPS) is 19.6. The SMILES string of the molecule is CCOC1(C(N)c2c(Cl)cnn2CCOC)CCOCC1. The molecule has 2 heterocycles. The molecule has 0 saturated carbocycles. The van der Waals surface area contributed by atoms with Gasteiger partial charge in [0.1, 0.15) is 0 Å². The topological polar surface area (TPSA) is 71.5 Å². The van der Waals surface area contributed by atoms with E-state index in [-0.39, 0.29) is 6.04 Å². The molecule has 0 amide bonds. The highest BCUT2D eigenvalue weighted by atomic mass is 35.5. The lowest BCUT2D eigenvalue weighted by Gasteiger charge is -2.41. The van der Waals surface area contributed by atoms with Crippen LogP contribution in [0.4, 0.5) is 0 Å². The minimum Gasteiger partial charge on any atom is -0.383 e. The molecule has 0 aliphatic carbocycles. The molecule has 2 rings (SSSR count). The lowest BCUT2D eigenvalue weighted by molar-refractivity contribution is -0.122. The number of aromatic nitrogens is 2. The molecule has 1 aromatic rings. The Balaban J connectivity index is 2.27. The average Bonchev–Trinajstić information content (AvgIpc) is 2.86. The quantitative estimate of drug-likeness (QED) is 0.830. The summed E-state index contributed by atoms with van der Waals surface area (Å²) in [6.45, 7) is 5.06. The molecule has 120 valence electrons. The minimum absolute atomic E-state index is 0.340. The van der Waals surface area contributed by atoms with Crippen LogP contribution >= 0.6 is 11.6 Å². The van der Waals surface area contributed by atoms with E-state index in [2.05, 4.69) is 5.10 Å². The van der Waals surface area contributed by atoms with E-state index in [0.717, 1.165) is 18.5 Å². The van der Waals surface area contributed by atoms with Crippen LogP contribution in [0, 0.1) is 0 Å². The Hall–Kier alpha value is -0.660. The second-order valence-corrected chi connectivity index (χ2v) is 5.59. The number of methoxy groups -OCH3 is 1. The zero-order valence-electron chi connectivity index (χ0n) is 12.7. The molecular formula is C14H24ClN3O3. The van der Waals surface area contributed by atoms with Crippen LogP contribution in [-0.4, -0.2) is 48.9 Å². The van der Waals surface area contributed by atoms with Crippen molar-refractivity contribution in [1.29, 1.82) is 0 Å². The van der Waals surface area contributed by atoms with Crippen LogP contribution in [0.25, 0.3) is 0 Å². The van der Waals surface area contributed by atoms with Gasteiger partial charge < -0.3 is 19.9 Å². The van der Waals surface area contributed by atoms with Crippen LogP contribution < -0.4 is 5.73 Å². The molecule has 1 atom stereocenters. The fourth-order valence-electron chi connectivity index (χ4n) is 2.84. The highest BCUT2D eigenvalue weighted by Gasteiger charge is 2.42. The Bertz CT molecular complexity index is 441. The number of nitrogens with two attached hydrogens (primary N) is 1. The summed E-state index contributed by atoms with van der Waals surface area (Å²) < 4.78 is 18.4. The highest BCUT2D eigenvalue weighted by Crippen LogP contribution is 2.38. The van der Waals surface area contributed by atoms with E-state index in [9.17, 15) is 0 Å². The molecule has 1 saturated heterocycles. The lowest BCUT2D eigenvalue weighted by atomic mass is 9.84. The zero-order valence-corrected chi connectivity index (χ0v) is 13.4. The molecule has 0 aromatic carbocycles. The summed E-state index contributed by atoms with van der Waals surface area (Å²) in [6.07, 6.45) is 3.15. The Morgan fingerprint density at radius 3 is 2.86 bits per heavy atom. The van der Waals surface area contributed by atoms with Crippen molar-refractivity contribution in [2.45, 2.75) is 38.0 Å². The van der Waals surface area contributed by atoms with Gasteiger partial charge in [0.05, 0.1) is 41.7 Å². The second kappa shape index (κ2) is 7.56. The van der Waals surface area contributed by atoms with Crippen molar-refractivity contribution in [2.24, 2.45) is 5.73 Å². The summed E-state index contributed by atoms with van der Waals surface area (Å²) in [6, 6.07) is -0.340. The number of hydrogen-bond acceptors (Lipinski definition) is 5. The van der Waals surface area contributed by atoms with Crippen molar-refractivity contribution in [2.75, 3.05) is 33.5 Å². The maximum absolute atomic E-state index is 6.54. The summed E-state index contributed by atoms with van der Waals surface area (Å²) in [5.41, 5.74) is 6.91. The monoisotopic (exact) mass is 317 g/mol. The van der Waals surface area contributed by atoms with Crippen LogP contribution in [0.5, 0.6) is 0 Å². The van der Waals surface area contributed by atoms with Crippen molar-refractivity contribution in [3.05, 3.63) is 16.9 Å². The van der Waals surface area contributed by atoms with Crippen LogP contribution in [0.15, 0.2) is 6.20 Å². The van der Waals surface area contributed by atoms with E-state index < -0.39 is 5.60 Å². The maximum Gasteiger partial charge on any atom is 0.0933 e. The summed E-state index contributed by atoms with van der Waals surface area (Å²) in [4.78, 5) is 0. The van der Waals surface area contributed by atoms with E-state index in [1.807, 2.05) is 11.6 Å². The molecule has 0 spiro atoms. The van der Waals surface area contributed by atoms with Gasteiger partial charge in [0.2, 0.25) is 0 Å². The summed E-state index contributed by atoms with van der Waals surface area (Å²) >= 11 is 6.31. The molecule has 1 aliphatic rings. The van der Waals surface area contributed by atoms with Crippen molar-refractivity contribution < 1.29 is 14.2 Å². The van der Waals surface area contributed by atoms with Crippen LogP contribution in [0.1, 0.15) is 31.5 Å². The number of ether oxygens (including phenoxy) is 3. The van der Waals surface area contributed by atoms with Gasteiger partial charge in [0.15, 0.2) is 0 Å². The molecule has 7 heteroatoms. The van der Waals surface area contributed by atoms with Crippen molar-refractivity contribution in [1.82, 2.24) is 9.78 Å². The Kier molecular flexibility index (Phi) is 6.01. The second-order valence-electron chi connectivity index (χ2n) is 5.18. The first-order chi connectivity index (χ1) is 10.1. The predicted octanol–water partition coefficient (Wildman–Crippen LogP) is 1.77. The fourth-order valence-corrected chi connectivity index (χ4v) is 3.09. The summed E-state index contributed by atoms with van der Waals surface area (Å²) in [7, 11) is 1.66. The third-order valence-electron chi connectivity index (χ3n) is 3.97. The van der Waals surface area contributed by atoms with E-state index in [1.165, 1.54) is 0 Å². The van der Waals surface area contributed by atoms with Crippen molar-refractivity contribution in [3.8, 4) is 0 Å². The predicted molar refractivity (Wildman–Crippen MR) is 80.5 cm³/mol. The van der Waals surface area contributed by atoms with E-state index in [0.29, 0.717) is 38.0 Å². The molecule has 0 radical (unpaired) electrons. The molecule has 21 heavy (non-hydrogen) atoms. The fraction of sp³-hybridized carbons (Fsp3) is 0.786. The van der Waals surface area contributed by atoms with E-state index in [4.69, 9.17) is 31.5 Å². The van der Waals surface area contributed by atoms with Gasteiger partial charge in [-0.2, -0.15) is 5.10 Å². The molecule has 1 aromatic heterocycles. The first kappa shape index (κ1) is 16.7. The van der Waals surface area contributed by atoms with E-state index in [1.54, 1.807) is 13.3 Å². The highest BCUT2D eigenvalue weighted by molar-refractivity contribution is 6.31. The number of nitrogens with zero attached hydrogens (tertiary/aromatic N) is 2. The first-order valence-electron chi connectivity index (χ1n) is 7.32. The van der Waals surface area contributed by atoms with Gasteiger partial charge in [-0.05, 0) is 6.92 Å². The molecule has 2 N–H and O–H groups in total. The minimum atomic E-state index is -0.443. The Morgan fingerprint density at radius 1 is 1.52 bits per heavy atom. The molecule has 0 bridgehead atoms. The van der Waals surface area contributed by atoms with Crippen molar-refractivity contribution in [3.63, 3.8) is 0 Å². The van der Waals surface area contributed by atoms with Gasteiger partial charge in [-0.15, -0.1) is 0 Å². The van der Waals surface area contributed by atoms with E-state index >= 15 is 0 Å². The molecular weight excluding hydrogens is 294 g/mol. The number of halogens is 1. The van der Waals surface area contributed by atoms with Crippen LogP contribution in [-0.2, 0) is 20.8 Å². The average molecular weight is 318 g/mol. The van der Waals surface area contributed by atoms with Crippen LogP contribution in [0.2, 0.25) is 5.02 Å². The van der Waals surface area contributed by atoms with Gasteiger partial charge >= 0.3 is 0 Å². The van der Waals surface area contributed by atoms with Crippen molar-refractivity contribution >= 4 is 11.6 Å². The van der Waals surface area contributed by atoms with Gasteiger partial charge in [-0.25, -0.2) is 0 Å². The summed E-state index contributed by atoms with van der Waals surface area (Å²) in [5.74, 6) is 0. The molecule has 1 unspecified atom stereocenters. The standard InChI is InChI=1S/C14H24ClN3O3/c1-3-21-14(4-7-20-8-5-14)13(16)12-11(15)10-17-18(12)6-9-19-2/h10,13H,3-9,16H2,1-2H3. The third kappa shape index (κ3) is 3.57. The van der Waals surface area contributed by atoms with Gasteiger partial charge in [-0.3, -0.25) is 4.68 Å². The number of rotatable bonds is 7. The molecule has 1 aliphatic heterocycles. The lowest BCUT2D eigenvalue weighted by Crippen LogP contribution is -2.49. The van der Waals surface area contributed by atoms with Gasteiger partial charge in [-0.1, -0.05) is 11.6 Å². The summed E-state index contributed by atoms with van der Waals surface area (Å²) in [5, 5.41) is 4.87. The smallest absolute Gasteiger partial charge is 0.0933 e. The van der Waals surface area contributed by atoms with Gasteiger partial charge in [0, 0.05) is 39.8 Å². The van der Waals surface area contributed by atoms with Crippen LogP contribution in [0.3, 0.4) is 0 Å². The molecule has 1 fully saturated rings. The first-order valence-corrected chi connectivity index (χ1v) is 7.70. The molecule has 6 nitrogen and oxygen atoms in total.